The smallest absolute Gasteiger partial charge is 0.224 e. The predicted molar refractivity (Wildman–Crippen MR) is 62.7 cm³/mol. The minimum Gasteiger partial charge on any atom is -0.353 e. The van der Waals surface area contributed by atoms with Crippen molar-refractivity contribution >= 4 is 5.91 Å². The summed E-state index contributed by atoms with van der Waals surface area (Å²) in [6.45, 7) is 7.98. The molecule has 0 aromatic carbocycles. The Kier molecular flexibility index (Phi) is 5.09. The lowest BCUT2D eigenvalue weighted by Crippen LogP contribution is -2.42. The summed E-state index contributed by atoms with van der Waals surface area (Å²) in [5.74, 6) is 0.938. The van der Waals surface area contributed by atoms with E-state index in [1.807, 2.05) is 6.92 Å². The topological polar surface area (TPSA) is 41.1 Å². The molecule has 15 heavy (non-hydrogen) atoms. The van der Waals surface area contributed by atoms with Crippen molar-refractivity contribution < 1.29 is 4.79 Å². The molecule has 2 N–H and O–H groups in total. The second kappa shape index (κ2) is 6.11. The minimum absolute atomic E-state index is 0.0812. The molecule has 0 aromatic heterocycles. The van der Waals surface area contributed by atoms with E-state index in [1.165, 1.54) is 12.8 Å². The van der Waals surface area contributed by atoms with E-state index in [1.54, 1.807) is 0 Å². The third-order valence-corrected chi connectivity index (χ3v) is 3.34. The molecule has 3 nitrogen and oxygen atoms in total. The molecule has 3 heteroatoms. The average molecular weight is 212 g/mol. The largest absolute Gasteiger partial charge is 0.353 e. The van der Waals surface area contributed by atoms with Gasteiger partial charge in [-0.05, 0) is 25.3 Å². The molecule has 0 spiro atoms. The number of hydrogen-bond donors (Lipinski definition) is 2. The summed E-state index contributed by atoms with van der Waals surface area (Å²) in [7, 11) is 0. The van der Waals surface area contributed by atoms with Crippen molar-refractivity contribution in [3.05, 3.63) is 0 Å². The van der Waals surface area contributed by atoms with Gasteiger partial charge < -0.3 is 10.6 Å². The van der Waals surface area contributed by atoms with Gasteiger partial charge in [0.15, 0.2) is 0 Å². The van der Waals surface area contributed by atoms with Gasteiger partial charge in [0.05, 0.1) is 0 Å². The average Bonchev–Trinajstić information content (AvgIpc) is 2.61. The fraction of sp³-hybridized carbons (Fsp3) is 0.917. The number of carbonyl (C=O) groups is 1. The molecule has 3 unspecified atom stereocenters. The molecule has 1 fully saturated rings. The van der Waals surface area contributed by atoms with Gasteiger partial charge in [-0.25, -0.2) is 0 Å². The van der Waals surface area contributed by atoms with Crippen LogP contribution in [-0.2, 0) is 4.79 Å². The Morgan fingerprint density at radius 1 is 1.47 bits per heavy atom. The van der Waals surface area contributed by atoms with Crippen LogP contribution in [0.1, 0.15) is 40.0 Å². The second-order valence-corrected chi connectivity index (χ2v) is 4.73. The van der Waals surface area contributed by atoms with Crippen molar-refractivity contribution in [2.75, 3.05) is 13.1 Å². The molecule has 0 aromatic rings. The summed E-state index contributed by atoms with van der Waals surface area (Å²) in [6.07, 6.45) is 3.67. The molecule has 0 saturated heterocycles. The molecule has 1 rings (SSSR count). The zero-order valence-corrected chi connectivity index (χ0v) is 10.2. The van der Waals surface area contributed by atoms with E-state index >= 15 is 0 Å². The van der Waals surface area contributed by atoms with Crippen LogP contribution in [0.2, 0.25) is 0 Å². The van der Waals surface area contributed by atoms with Crippen LogP contribution < -0.4 is 10.6 Å². The van der Waals surface area contributed by atoms with Crippen LogP contribution >= 0.6 is 0 Å². The van der Waals surface area contributed by atoms with E-state index in [9.17, 15) is 4.79 Å². The highest BCUT2D eigenvalue weighted by molar-refractivity contribution is 5.78. The highest BCUT2D eigenvalue weighted by Crippen LogP contribution is 2.24. The van der Waals surface area contributed by atoms with Crippen LogP contribution in [0.25, 0.3) is 0 Å². The lowest BCUT2D eigenvalue weighted by Gasteiger charge is -2.20. The first-order valence-corrected chi connectivity index (χ1v) is 6.16. The van der Waals surface area contributed by atoms with Gasteiger partial charge in [0.25, 0.3) is 0 Å². The van der Waals surface area contributed by atoms with Crippen LogP contribution in [0, 0.1) is 11.8 Å². The summed E-state index contributed by atoms with van der Waals surface area (Å²) in [6, 6.07) is 0.418. The maximum Gasteiger partial charge on any atom is 0.224 e. The maximum absolute atomic E-state index is 11.8. The number of carbonyl (C=O) groups excluding carboxylic acids is 1. The van der Waals surface area contributed by atoms with Gasteiger partial charge in [-0.3, -0.25) is 4.79 Å². The molecule has 1 saturated carbocycles. The van der Waals surface area contributed by atoms with Crippen LogP contribution in [0.5, 0.6) is 0 Å². The van der Waals surface area contributed by atoms with E-state index in [4.69, 9.17) is 0 Å². The Morgan fingerprint density at radius 3 is 2.73 bits per heavy atom. The second-order valence-electron chi connectivity index (χ2n) is 4.73. The Morgan fingerprint density at radius 2 is 2.20 bits per heavy atom. The highest BCUT2D eigenvalue weighted by Gasteiger charge is 2.26. The summed E-state index contributed by atoms with van der Waals surface area (Å²) < 4.78 is 0. The lowest BCUT2D eigenvalue weighted by molar-refractivity contribution is -0.125. The molecule has 0 heterocycles. The summed E-state index contributed by atoms with van der Waals surface area (Å²) in [5, 5.41) is 6.36. The van der Waals surface area contributed by atoms with E-state index in [0.29, 0.717) is 12.0 Å². The van der Waals surface area contributed by atoms with E-state index in [-0.39, 0.29) is 11.8 Å². The molecular formula is C12H24N2O. The predicted octanol–water partition coefficient (Wildman–Crippen LogP) is 1.54. The van der Waals surface area contributed by atoms with Crippen LogP contribution in [0.4, 0.5) is 0 Å². The first-order chi connectivity index (χ1) is 7.15. The molecule has 0 radical (unpaired) electrons. The molecular weight excluding hydrogens is 188 g/mol. The van der Waals surface area contributed by atoms with Crippen molar-refractivity contribution in [3.8, 4) is 0 Å². The number of nitrogens with one attached hydrogen (secondary N) is 2. The van der Waals surface area contributed by atoms with E-state index in [0.717, 1.165) is 19.5 Å². The van der Waals surface area contributed by atoms with Gasteiger partial charge in [0.1, 0.15) is 0 Å². The van der Waals surface area contributed by atoms with Crippen LogP contribution in [0.15, 0.2) is 0 Å². The normalized spacial score (nSPS) is 27.7. The van der Waals surface area contributed by atoms with Gasteiger partial charge in [-0.15, -0.1) is 0 Å². The SMILES string of the molecule is CCNCC(C)C(=O)NC1CCCC1C. The van der Waals surface area contributed by atoms with Gasteiger partial charge in [-0.1, -0.05) is 27.2 Å². The molecule has 1 aliphatic rings. The summed E-state index contributed by atoms with van der Waals surface area (Å²) in [4.78, 5) is 11.8. The van der Waals surface area contributed by atoms with E-state index in [2.05, 4.69) is 24.5 Å². The Balaban J connectivity index is 2.27. The number of rotatable bonds is 5. The Bertz CT molecular complexity index is 206. The lowest BCUT2D eigenvalue weighted by atomic mass is 10.0. The van der Waals surface area contributed by atoms with Crippen LogP contribution in [-0.4, -0.2) is 25.0 Å². The molecule has 1 aliphatic carbocycles. The quantitative estimate of drug-likeness (QED) is 0.726. The van der Waals surface area contributed by atoms with Gasteiger partial charge in [0, 0.05) is 18.5 Å². The first kappa shape index (κ1) is 12.5. The fourth-order valence-corrected chi connectivity index (χ4v) is 2.14. The standard InChI is InChI=1S/C12H24N2O/c1-4-13-8-10(3)12(15)14-11-7-5-6-9(11)2/h9-11,13H,4-8H2,1-3H3,(H,14,15). The Labute approximate surface area is 93.0 Å². The van der Waals surface area contributed by atoms with E-state index < -0.39 is 0 Å². The summed E-state index contributed by atoms with van der Waals surface area (Å²) >= 11 is 0. The van der Waals surface area contributed by atoms with Crippen molar-refractivity contribution in [1.29, 1.82) is 0 Å². The fourth-order valence-electron chi connectivity index (χ4n) is 2.14. The molecule has 1 amide bonds. The summed E-state index contributed by atoms with van der Waals surface area (Å²) in [5.41, 5.74) is 0. The van der Waals surface area contributed by atoms with Crippen molar-refractivity contribution in [2.45, 2.75) is 46.1 Å². The molecule has 0 bridgehead atoms. The third-order valence-electron chi connectivity index (χ3n) is 3.34. The van der Waals surface area contributed by atoms with Crippen molar-refractivity contribution in [2.24, 2.45) is 11.8 Å². The number of amides is 1. The van der Waals surface area contributed by atoms with Gasteiger partial charge >= 0.3 is 0 Å². The third kappa shape index (κ3) is 3.82. The molecule has 88 valence electrons. The Hall–Kier alpha value is -0.570. The molecule has 0 aliphatic heterocycles. The highest BCUT2D eigenvalue weighted by atomic mass is 16.1. The monoisotopic (exact) mass is 212 g/mol. The zero-order valence-electron chi connectivity index (χ0n) is 10.2. The number of hydrogen-bond acceptors (Lipinski definition) is 2. The van der Waals surface area contributed by atoms with Gasteiger partial charge in [-0.2, -0.15) is 0 Å². The maximum atomic E-state index is 11.8. The first-order valence-electron chi connectivity index (χ1n) is 6.16. The van der Waals surface area contributed by atoms with Crippen LogP contribution in [0.3, 0.4) is 0 Å². The zero-order chi connectivity index (χ0) is 11.3. The van der Waals surface area contributed by atoms with Crippen molar-refractivity contribution in [3.63, 3.8) is 0 Å². The van der Waals surface area contributed by atoms with Crippen molar-refractivity contribution in [1.82, 2.24) is 10.6 Å². The minimum atomic E-state index is 0.0812. The molecule has 3 atom stereocenters. The van der Waals surface area contributed by atoms with Gasteiger partial charge in [0.2, 0.25) is 5.91 Å².